The summed E-state index contributed by atoms with van der Waals surface area (Å²) in [6.45, 7) is 9.18. The normalized spacial score (nSPS) is 12.0. The first-order valence-electron chi connectivity index (χ1n) is 7.51. The Morgan fingerprint density at radius 2 is 1.95 bits per heavy atom. The van der Waals surface area contributed by atoms with Crippen LogP contribution in [-0.4, -0.2) is 17.4 Å². The van der Waals surface area contributed by atoms with E-state index in [4.69, 9.17) is 4.98 Å². The van der Waals surface area contributed by atoms with Crippen LogP contribution in [0.3, 0.4) is 0 Å². The van der Waals surface area contributed by atoms with Crippen LogP contribution in [0.2, 0.25) is 0 Å². The predicted molar refractivity (Wildman–Crippen MR) is 93.8 cm³/mol. The zero-order valence-electron chi connectivity index (χ0n) is 13.4. The number of nitrogens with zero attached hydrogens (tertiary/aromatic N) is 1. The average Bonchev–Trinajstić information content (AvgIpc) is 2.86. The summed E-state index contributed by atoms with van der Waals surface area (Å²) in [6, 6.07) is 10.5. The van der Waals surface area contributed by atoms with E-state index in [2.05, 4.69) is 50.4 Å². The number of benzene rings is 1. The lowest BCUT2D eigenvalue weighted by molar-refractivity contribution is 0.0960. The lowest BCUT2D eigenvalue weighted by Gasteiger charge is -2.19. The Morgan fingerprint density at radius 3 is 2.64 bits per heavy atom. The second-order valence-corrected chi connectivity index (χ2v) is 7.54. The van der Waals surface area contributed by atoms with Crippen LogP contribution in [0, 0.1) is 0 Å². The number of carbonyl (C=O) groups is 1. The van der Waals surface area contributed by atoms with Crippen LogP contribution < -0.4 is 5.32 Å². The largest absolute Gasteiger partial charge is 0.352 e. The number of nitrogens with one attached hydrogen (secondary N) is 1. The van der Waals surface area contributed by atoms with E-state index in [1.807, 2.05) is 13.0 Å². The van der Waals surface area contributed by atoms with Gasteiger partial charge in [-0.1, -0.05) is 26.8 Å². The van der Waals surface area contributed by atoms with Gasteiger partial charge >= 0.3 is 0 Å². The highest BCUT2D eigenvalue weighted by atomic mass is 32.1. The third-order valence-electron chi connectivity index (χ3n) is 3.73. The summed E-state index contributed by atoms with van der Waals surface area (Å²) in [5.74, 6) is -0.0232. The Hall–Kier alpha value is -1.94. The van der Waals surface area contributed by atoms with E-state index < -0.39 is 0 Å². The lowest BCUT2D eigenvalue weighted by Crippen LogP contribution is -2.21. The third kappa shape index (κ3) is 2.71. The van der Waals surface area contributed by atoms with Crippen molar-refractivity contribution >= 4 is 38.4 Å². The fourth-order valence-electron chi connectivity index (χ4n) is 2.46. The van der Waals surface area contributed by atoms with Crippen molar-refractivity contribution in [2.45, 2.75) is 33.1 Å². The molecule has 0 radical (unpaired) electrons. The zero-order valence-corrected chi connectivity index (χ0v) is 14.2. The van der Waals surface area contributed by atoms with Crippen LogP contribution in [0.5, 0.6) is 0 Å². The molecule has 0 saturated carbocycles. The van der Waals surface area contributed by atoms with Crippen LogP contribution >= 0.6 is 11.3 Å². The van der Waals surface area contributed by atoms with Gasteiger partial charge in [-0.25, -0.2) is 4.98 Å². The summed E-state index contributed by atoms with van der Waals surface area (Å²) in [6.07, 6.45) is 0. The molecule has 0 spiro atoms. The molecule has 3 aromatic rings. The van der Waals surface area contributed by atoms with E-state index in [0.717, 1.165) is 26.0 Å². The van der Waals surface area contributed by atoms with E-state index >= 15 is 0 Å². The minimum absolute atomic E-state index is 0.0232. The first-order valence-corrected chi connectivity index (χ1v) is 8.33. The molecular weight excluding hydrogens is 292 g/mol. The molecule has 0 atom stereocenters. The first kappa shape index (κ1) is 15.0. The molecule has 4 heteroatoms. The molecule has 1 N–H and O–H groups in total. The highest BCUT2D eigenvalue weighted by Gasteiger charge is 2.15. The Balaban J connectivity index is 2.13. The molecule has 2 aromatic heterocycles. The highest BCUT2D eigenvalue weighted by Crippen LogP contribution is 2.30. The van der Waals surface area contributed by atoms with Crippen LogP contribution in [0.25, 0.3) is 21.1 Å². The summed E-state index contributed by atoms with van der Waals surface area (Å²) in [7, 11) is 0. The molecule has 0 aliphatic rings. The number of rotatable bonds is 2. The maximum Gasteiger partial charge on any atom is 0.261 e. The van der Waals surface area contributed by atoms with Crippen molar-refractivity contribution in [2.24, 2.45) is 0 Å². The number of hydrogen-bond donors (Lipinski definition) is 1. The zero-order chi connectivity index (χ0) is 15.9. The van der Waals surface area contributed by atoms with Crippen molar-refractivity contribution < 1.29 is 4.79 Å². The summed E-state index contributed by atoms with van der Waals surface area (Å²) < 4.78 is 0. The van der Waals surface area contributed by atoms with E-state index in [1.54, 1.807) is 0 Å². The van der Waals surface area contributed by atoms with Crippen LogP contribution in [0.15, 0.2) is 30.3 Å². The number of fused-ring (bicyclic) bond motifs is 2. The van der Waals surface area contributed by atoms with Crippen molar-refractivity contribution in [3.05, 3.63) is 40.8 Å². The highest BCUT2D eigenvalue weighted by molar-refractivity contribution is 7.20. The maximum absolute atomic E-state index is 12.0. The van der Waals surface area contributed by atoms with Gasteiger partial charge in [0.25, 0.3) is 5.91 Å². The molecule has 0 aliphatic heterocycles. The second-order valence-electron chi connectivity index (χ2n) is 6.51. The number of thiophene rings is 1. The number of aromatic nitrogens is 1. The smallest absolute Gasteiger partial charge is 0.261 e. The summed E-state index contributed by atoms with van der Waals surface area (Å²) in [4.78, 5) is 18.3. The van der Waals surface area contributed by atoms with Gasteiger partial charge < -0.3 is 5.32 Å². The van der Waals surface area contributed by atoms with Gasteiger partial charge in [0, 0.05) is 17.3 Å². The van der Waals surface area contributed by atoms with Gasteiger partial charge in [-0.15, -0.1) is 11.3 Å². The molecule has 3 rings (SSSR count). The van der Waals surface area contributed by atoms with Crippen molar-refractivity contribution in [3.8, 4) is 0 Å². The van der Waals surface area contributed by atoms with Gasteiger partial charge in [0.05, 0.1) is 10.4 Å². The van der Waals surface area contributed by atoms with Gasteiger partial charge in [0.15, 0.2) is 0 Å². The molecule has 0 bridgehead atoms. The molecule has 114 valence electrons. The molecule has 1 aromatic carbocycles. The molecule has 0 aliphatic carbocycles. The second kappa shape index (κ2) is 5.36. The Morgan fingerprint density at radius 1 is 1.18 bits per heavy atom. The number of pyridine rings is 1. The monoisotopic (exact) mass is 312 g/mol. The standard InChI is InChI=1S/C18H20N2OS/c1-5-19-16(21)15-10-12-8-11-9-13(18(2,3)4)6-7-14(11)20-17(12)22-15/h6-10H,5H2,1-4H3,(H,19,21). The molecule has 1 amide bonds. The summed E-state index contributed by atoms with van der Waals surface area (Å²) in [5.41, 5.74) is 2.38. The molecule has 2 heterocycles. The molecule has 0 saturated heterocycles. The fourth-order valence-corrected chi connectivity index (χ4v) is 3.40. The molecule has 22 heavy (non-hydrogen) atoms. The topological polar surface area (TPSA) is 42.0 Å². The van der Waals surface area contributed by atoms with Gasteiger partial charge in [0.2, 0.25) is 0 Å². The van der Waals surface area contributed by atoms with Gasteiger partial charge in [-0.05, 0) is 42.2 Å². The van der Waals surface area contributed by atoms with E-state index in [9.17, 15) is 4.79 Å². The van der Waals surface area contributed by atoms with Crippen molar-refractivity contribution in [1.29, 1.82) is 0 Å². The molecular formula is C18H20N2OS. The number of carbonyl (C=O) groups excluding carboxylic acids is 1. The minimum atomic E-state index is -0.0232. The quantitative estimate of drug-likeness (QED) is 0.757. The first-order chi connectivity index (χ1) is 10.4. The van der Waals surface area contributed by atoms with Crippen molar-refractivity contribution in [1.82, 2.24) is 10.3 Å². The third-order valence-corrected chi connectivity index (χ3v) is 4.77. The summed E-state index contributed by atoms with van der Waals surface area (Å²) in [5, 5.41) is 4.99. The average molecular weight is 312 g/mol. The van der Waals surface area contributed by atoms with Gasteiger partial charge in [0.1, 0.15) is 4.83 Å². The van der Waals surface area contributed by atoms with E-state index in [-0.39, 0.29) is 11.3 Å². The molecule has 3 nitrogen and oxygen atoms in total. The van der Waals surface area contributed by atoms with Crippen molar-refractivity contribution in [3.63, 3.8) is 0 Å². The molecule has 0 fully saturated rings. The Labute approximate surface area is 134 Å². The summed E-state index contributed by atoms with van der Waals surface area (Å²) >= 11 is 1.45. The van der Waals surface area contributed by atoms with Gasteiger partial charge in [-0.3, -0.25) is 4.79 Å². The van der Waals surface area contributed by atoms with Crippen molar-refractivity contribution in [2.75, 3.05) is 6.54 Å². The van der Waals surface area contributed by atoms with Crippen LogP contribution in [0.1, 0.15) is 42.9 Å². The number of hydrogen-bond acceptors (Lipinski definition) is 3. The Kier molecular flexibility index (Phi) is 3.65. The fraction of sp³-hybridized carbons (Fsp3) is 0.333. The number of amides is 1. The van der Waals surface area contributed by atoms with E-state index in [0.29, 0.717) is 6.54 Å². The van der Waals surface area contributed by atoms with Gasteiger partial charge in [-0.2, -0.15) is 0 Å². The minimum Gasteiger partial charge on any atom is -0.352 e. The van der Waals surface area contributed by atoms with Crippen LogP contribution in [0.4, 0.5) is 0 Å². The Bertz CT molecular complexity index is 859. The van der Waals surface area contributed by atoms with E-state index in [1.165, 1.54) is 16.9 Å². The lowest BCUT2D eigenvalue weighted by atomic mass is 9.86. The predicted octanol–water partition coefficient (Wildman–Crippen LogP) is 4.50. The maximum atomic E-state index is 12.0. The molecule has 0 unspecified atom stereocenters. The van der Waals surface area contributed by atoms with Crippen LogP contribution in [-0.2, 0) is 5.41 Å². The SMILES string of the molecule is CCNC(=O)c1cc2cc3cc(C(C)(C)C)ccc3nc2s1.